The average Bonchev–Trinajstić information content (AvgIpc) is 3.09. The van der Waals surface area contributed by atoms with E-state index in [0.717, 1.165) is 18.4 Å². The Labute approximate surface area is 134 Å². The van der Waals surface area contributed by atoms with E-state index < -0.39 is 6.04 Å². The molecular formula is C16H20N4O3. The van der Waals surface area contributed by atoms with Crippen LogP contribution < -0.4 is 11.1 Å². The summed E-state index contributed by atoms with van der Waals surface area (Å²) < 4.78 is 10.4. The number of hydrogen-bond acceptors (Lipinski definition) is 6. The molecule has 0 bridgehead atoms. The van der Waals surface area contributed by atoms with E-state index in [1.807, 2.05) is 30.3 Å². The Hall–Kier alpha value is -2.25. The molecule has 2 heterocycles. The topological polar surface area (TPSA) is 103 Å². The van der Waals surface area contributed by atoms with Crippen LogP contribution in [0.5, 0.6) is 0 Å². The van der Waals surface area contributed by atoms with Gasteiger partial charge in [0.1, 0.15) is 0 Å². The third-order valence-corrected chi connectivity index (χ3v) is 3.99. The van der Waals surface area contributed by atoms with E-state index in [9.17, 15) is 4.79 Å². The van der Waals surface area contributed by atoms with Crippen molar-refractivity contribution in [1.82, 2.24) is 15.5 Å². The van der Waals surface area contributed by atoms with Crippen LogP contribution in [0.4, 0.5) is 0 Å². The van der Waals surface area contributed by atoms with Crippen molar-refractivity contribution in [1.29, 1.82) is 0 Å². The van der Waals surface area contributed by atoms with Crippen molar-refractivity contribution >= 4 is 5.91 Å². The molecule has 0 aliphatic carbocycles. The van der Waals surface area contributed by atoms with Crippen LogP contribution in [0.3, 0.4) is 0 Å². The molecule has 1 aromatic carbocycles. The van der Waals surface area contributed by atoms with Crippen LogP contribution in [0.25, 0.3) is 11.4 Å². The standard InChI is InChI=1S/C16H20N4O3/c17-14(11-6-8-22-9-7-11)16(21)18-10-13-19-15(20-23-13)12-4-2-1-3-5-12/h1-5,11,14H,6-10,17H2,(H,18,21). The predicted octanol–water partition coefficient (Wildman–Crippen LogP) is 1.11. The van der Waals surface area contributed by atoms with Crippen LogP contribution in [0.2, 0.25) is 0 Å². The third kappa shape index (κ3) is 3.94. The zero-order valence-electron chi connectivity index (χ0n) is 12.8. The monoisotopic (exact) mass is 316 g/mol. The first-order valence-corrected chi connectivity index (χ1v) is 7.73. The minimum atomic E-state index is -0.532. The number of benzene rings is 1. The van der Waals surface area contributed by atoms with Crippen LogP contribution in [-0.2, 0) is 16.1 Å². The highest BCUT2D eigenvalue weighted by molar-refractivity contribution is 5.81. The van der Waals surface area contributed by atoms with Gasteiger partial charge in [0.25, 0.3) is 0 Å². The smallest absolute Gasteiger partial charge is 0.246 e. The third-order valence-electron chi connectivity index (χ3n) is 3.99. The lowest BCUT2D eigenvalue weighted by atomic mass is 9.92. The largest absolute Gasteiger partial charge is 0.381 e. The van der Waals surface area contributed by atoms with Crippen molar-refractivity contribution in [2.24, 2.45) is 11.7 Å². The Morgan fingerprint density at radius 1 is 1.30 bits per heavy atom. The Morgan fingerprint density at radius 2 is 2.04 bits per heavy atom. The first kappa shape index (κ1) is 15.6. The number of rotatable bonds is 5. The fourth-order valence-electron chi connectivity index (χ4n) is 2.60. The van der Waals surface area contributed by atoms with Gasteiger partial charge in [-0.2, -0.15) is 4.98 Å². The molecule has 1 saturated heterocycles. The Balaban J connectivity index is 1.54. The molecule has 1 aromatic heterocycles. The van der Waals surface area contributed by atoms with Gasteiger partial charge in [0.15, 0.2) is 0 Å². The maximum Gasteiger partial charge on any atom is 0.246 e. The number of carbonyl (C=O) groups excluding carboxylic acids is 1. The molecule has 1 atom stereocenters. The second-order valence-electron chi connectivity index (χ2n) is 5.57. The van der Waals surface area contributed by atoms with Crippen molar-refractivity contribution < 1.29 is 14.1 Å². The van der Waals surface area contributed by atoms with Gasteiger partial charge in [-0.15, -0.1) is 0 Å². The average molecular weight is 316 g/mol. The van der Waals surface area contributed by atoms with Crippen LogP contribution in [0, 0.1) is 5.92 Å². The van der Waals surface area contributed by atoms with E-state index in [4.69, 9.17) is 15.0 Å². The minimum absolute atomic E-state index is 0.159. The summed E-state index contributed by atoms with van der Waals surface area (Å²) in [7, 11) is 0. The Morgan fingerprint density at radius 3 is 2.78 bits per heavy atom. The number of nitrogens with two attached hydrogens (primary N) is 1. The van der Waals surface area contributed by atoms with Crippen LogP contribution in [-0.4, -0.2) is 35.3 Å². The molecule has 1 aliphatic heterocycles. The molecule has 23 heavy (non-hydrogen) atoms. The van der Waals surface area contributed by atoms with E-state index in [1.165, 1.54) is 0 Å². The summed E-state index contributed by atoms with van der Waals surface area (Å²) in [5.74, 6) is 0.822. The number of nitrogens with one attached hydrogen (secondary N) is 1. The summed E-state index contributed by atoms with van der Waals surface area (Å²) in [6, 6.07) is 8.99. The summed E-state index contributed by atoms with van der Waals surface area (Å²) >= 11 is 0. The van der Waals surface area contributed by atoms with Gasteiger partial charge in [-0.1, -0.05) is 35.5 Å². The summed E-state index contributed by atoms with van der Waals surface area (Å²) in [5.41, 5.74) is 6.89. The van der Waals surface area contributed by atoms with Crippen molar-refractivity contribution in [3.63, 3.8) is 0 Å². The number of amides is 1. The van der Waals surface area contributed by atoms with E-state index in [0.29, 0.717) is 24.9 Å². The molecule has 0 radical (unpaired) electrons. The van der Waals surface area contributed by atoms with Crippen LogP contribution >= 0.6 is 0 Å². The highest BCUT2D eigenvalue weighted by Gasteiger charge is 2.26. The highest BCUT2D eigenvalue weighted by atomic mass is 16.5. The summed E-state index contributed by atoms with van der Waals surface area (Å²) in [5, 5.41) is 6.67. The van der Waals surface area contributed by atoms with Crippen molar-refractivity contribution in [3.8, 4) is 11.4 Å². The lowest BCUT2D eigenvalue weighted by molar-refractivity contribution is -0.124. The number of ether oxygens (including phenoxy) is 1. The number of aromatic nitrogens is 2. The van der Waals surface area contributed by atoms with Gasteiger partial charge < -0.3 is 20.3 Å². The van der Waals surface area contributed by atoms with Crippen molar-refractivity contribution in [3.05, 3.63) is 36.2 Å². The SMILES string of the molecule is NC(C(=O)NCc1nc(-c2ccccc2)no1)C1CCOCC1. The Bertz CT molecular complexity index is 638. The quantitative estimate of drug-likeness (QED) is 0.856. The lowest BCUT2D eigenvalue weighted by Crippen LogP contribution is -2.46. The molecular weight excluding hydrogens is 296 g/mol. The molecule has 1 fully saturated rings. The van der Waals surface area contributed by atoms with Crippen LogP contribution in [0.1, 0.15) is 18.7 Å². The molecule has 1 aliphatic rings. The summed E-state index contributed by atoms with van der Waals surface area (Å²) in [6.07, 6.45) is 1.63. The summed E-state index contributed by atoms with van der Waals surface area (Å²) in [6.45, 7) is 1.50. The van der Waals surface area contributed by atoms with E-state index in [1.54, 1.807) is 0 Å². The van der Waals surface area contributed by atoms with E-state index >= 15 is 0 Å². The summed E-state index contributed by atoms with van der Waals surface area (Å²) in [4.78, 5) is 16.4. The minimum Gasteiger partial charge on any atom is -0.381 e. The molecule has 0 saturated carbocycles. The number of hydrogen-bond donors (Lipinski definition) is 2. The van der Waals surface area contributed by atoms with Crippen molar-refractivity contribution in [2.75, 3.05) is 13.2 Å². The number of carbonyl (C=O) groups is 1. The maximum absolute atomic E-state index is 12.1. The first-order valence-electron chi connectivity index (χ1n) is 7.73. The lowest BCUT2D eigenvalue weighted by Gasteiger charge is -2.26. The zero-order chi connectivity index (χ0) is 16.1. The molecule has 0 spiro atoms. The van der Waals surface area contributed by atoms with Gasteiger partial charge in [-0.25, -0.2) is 0 Å². The second kappa shape index (κ2) is 7.34. The second-order valence-corrected chi connectivity index (χ2v) is 5.57. The van der Waals surface area contributed by atoms with Crippen LogP contribution in [0.15, 0.2) is 34.9 Å². The molecule has 1 unspecified atom stereocenters. The molecule has 7 nitrogen and oxygen atoms in total. The first-order chi connectivity index (χ1) is 11.2. The molecule has 3 N–H and O–H groups in total. The zero-order valence-corrected chi connectivity index (χ0v) is 12.8. The van der Waals surface area contributed by atoms with Gasteiger partial charge in [0, 0.05) is 18.8 Å². The predicted molar refractivity (Wildman–Crippen MR) is 83.1 cm³/mol. The normalized spacial score (nSPS) is 16.9. The molecule has 122 valence electrons. The van der Waals surface area contributed by atoms with Gasteiger partial charge in [-0.3, -0.25) is 4.79 Å². The maximum atomic E-state index is 12.1. The molecule has 2 aromatic rings. The molecule has 3 rings (SSSR count). The van der Waals surface area contributed by atoms with E-state index in [-0.39, 0.29) is 18.4 Å². The van der Waals surface area contributed by atoms with Gasteiger partial charge in [0.2, 0.25) is 17.6 Å². The van der Waals surface area contributed by atoms with Gasteiger partial charge in [0.05, 0.1) is 12.6 Å². The fraction of sp³-hybridized carbons (Fsp3) is 0.438. The molecule has 1 amide bonds. The van der Waals surface area contributed by atoms with Gasteiger partial charge in [-0.05, 0) is 18.8 Å². The Kier molecular flexibility index (Phi) is 4.99. The highest BCUT2D eigenvalue weighted by Crippen LogP contribution is 2.18. The molecule has 7 heteroatoms. The number of nitrogens with zero attached hydrogens (tertiary/aromatic N) is 2. The fourth-order valence-corrected chi connectivity index (χ4v) is 2.60. The van der Waals surface area contributed by atoms with Crippen molar-refractivity contribution in [2.45, 2.75) is 25.4 Å². The van der Waals surface area contributed by atoms with Gasteiger partial charge >= 0.3 is 0 Å². The van der Waals surface area contributed by atoms with E-state index in [2.05, 4.69) is 15.5 Å².